The van der Waals surface area contributed by atoms with E-state index in [2.05, 4.69) is 66.3 Å². The van der Waals surface area contributed by atoms with Crippen LogP contribution in [0.2, 0.25) is 0 Å². The Hall–Kier alpha value is -1.65. The van der Waals surface area contributed by atoms with Crippen molar-refractivity contribution in [2.45, 2.75) is 45.8 Å². The summed E-state index contributed by atoms with van der Waals surface area (Å²) in [4.78, 5) is 4.95. The summed E-state index contributed by atoms with van der Waals surface area (Å²) < 4.78 is 0.972. The summed E-state index contributed by atoms with van der Waals surface area (Å²) in [5, 5.41) is 13.9. The van der Waals surface area contributed by atoms with E-state index in [1.807, 2.05) is 12.1 Å². The molecule has 1 heterocycles. The number of hydrogen-bond donors (Lipinski definition) is 2. The van der Waals surface area contributed by atoms with Gasteiger partial charge in [0.1, 0.15) is 11.9 Å². The fourth-order valence-corrected chi connectivity index (χ4v) is 3.57. The van der Waals surface area contributed by atoms with Crippen molar-refractivity contribution in [3.05, 3.63) is 63.6 Å². The Bertz CT molecular complexity index is 768. The molecule has 1 aliphatic rings. The second-order valence-corrected chi connectivity index (χ2v) is 7.86. The van der Waals surface area contributed by atoms with Crippen LogP contribution in [0, 0.1) is 5.92 Å². The molecular formula is C21H25BrN2O. The highest BCUT2D eigenvalue weighted by Crippen LogP contribution is 2.33. The highest BCUT2D eigenvalue weighted by Gasteiger charge is 2.28. The molecular weight excluding hydrogens is 376 g/mol. The fraction of sp³-hybridized carbons (Fsp3) is 0.381. The number of aryl methyl sites for hydroxylation is 1. The average molecular weight is 401 g/mol. The lowest BCUT2D eigenvalue weighted by Crippen LogP contribution is -2.41. The Balaban J connectivity index is 1.95. The van der Waals surface area contributed by atoms with Crippen molar-refractivity contribution in [2.24, 2.45) is 10.9 Å². The van der Waals surface area contributed by atoms with Gasteiger partial charge in [0.2, 0.25) is 0 Å². The van der Waals surface area contributed by atoms with Crippen molar-refractivity contribution in [3.8, 4) is 5.75 Å². The fourth-order valence-electron chi connectivity index (χ4n) is 3.19. The van der Waals surface area contributed by atoms with E-state index in [0.29, 0.717) is 11.7 Å². The zero-order chi connectivity index (χ0) is 18.0. The number of aliphatic imine (C=N–C) groups is 1. The van der Waals surface area contributed by atoms with E-state index in [-0.39, 0.29) is 12.2 Å². The first-order valence-corrected chi connectivity index (χ1v) is 9.67. The number of halogens is 1. The maximum absolute atomic E-state index is 10.3. The number of benzene rings is 2. The molecule has 0 aliphatic carbocycles. The molecule has 0 aromatic heterocycles. The van der Waals surface area contributed by atoms with Gasteiger partial charge in [-0.1, -0.05) is 61.0 Å². The summed E-state index contributed by atoms with van der Waals surface area (Å²) in [6.07, 6.45) is 1.84. The highest BCUT2D eigenvalue weighted by atomic mass is 79.9. The minimum absolute atomic E-state index is 0.0398. The number of hydrogen-bond acceptors (Lipinski definition) is 3. The predicted molar refractivity (Wildman–Crippen MR) is 107 cm³/mol. The third-order valence-corrected chi connectivity index (χ3v) is 5.25. The Morgan fingerprint density at radius 1 is 1.20 bits per heavy atom. The third kappa shape index (κ3) is 4.13. The van der Waals surface area contributed by atoms with Gasteiger partial charge in [0.15, 0.2) is 0 Å². The van der Waals surface area contributed by atoms with Gasteiger partial charge in [-0.2, -0.15) is 0 Å². The van der Waals surface area contributed by atoms with E-state index in [0.717, 1.165) is 28.6 Å². The first-order valence-electron chi connectivity index (χ1n) is 8.88. The van der Waals surface area contributed by atoms with Crippen LogP contribution in [0.4, 0.5) is 0 Å². The van der Waals surface area contributed by atoms with Gasteiger partial charge in [-0.05, 0) is 41.7 Å². The maximum atomic E-state index is 10.3. The minimum atomic E-state index is 0.0398. The first-order chi connectivity index (χ1) is 12.0. The molecule has 1 aliphatic heterocycles. The van der Waals surface area contributed by atoms with Crippen LogP contribution in [0.1, 0.15) is 49.9 Å². The molecule has 25 heavy (non-hydrogen) atoms. The number of phenolic OH excluding ortho intramolecular Hbond substituents is 1. The molecule has 2 atom stereocenters. The Labute approximate surface area is 158 Å². The van der Waals surface area contributed by atoms with Gasteiger partial charge >= 0.3 is 0 Å². The van der Waals surface area contributed by atoms with E-state index in [4.69, 9.17) is 4.99 Å². The summed E-state index contributed by atoms with van der Waals surface area (Å²) in [5.74, 6) is 0.702. The molecule has 0 spiro atoms. The van der Waals surface area contributed by atoms with Crippen molar-refractivity contribution in [3.63, 3.8) is 0 Å². The van der Waals surface area contributed by atoms with Crippen LogP contribution >= 0.6 is 15.9 Å². The van der Waals surface area contributed by atoms with E-state index < -0.39 is 0 Å². The van der Waals surface area contributed by atoms with Crippen molar-refractivity contribution in [2.75, 3.05) is 0 Å². The molecule has 0 bridgehead atoms. The van der Waals surface area contributed by atoms with Crippen molar-refractivity contribution in [1.82, 2.24) is 5.32 Å². The van der Waals surface area contributed by atoms with Gasteiger partial charge in [0, 0.05) is 28.2 Å². The lowest BCUT2D eigenvalue weighted by atomic mass is 9.92. The molecule has 2 N–H and O–H groups in total. The van der Waals surface area contributed by atoms with E-state index >= 15 is 0 Å². The quantitative estimate of drug-likeness (QED) is 0.738. The van der Waals surface area contributed by atoms with Crippen LogP contribution < -0.4 is 5.32 Å². The summed E-state index contributed by atoms with van der Waals surface area (Å²) >= 11 is 3.51. The SMILES string of the molecule is CCc1ccc(C2=NC(C(C)C)NC(c3cc(Br)ccc3O)C2)cc1. The summed E-state index contributed by atoms with van der Waals surface area (Å²) in [6.45, 7) is 6.50. The Morgan fingerprint density at radius 2 is 1.92 bits per heavy atom. The topological polar surface area (TPSA) is 44.6 Å². The molecule has 3 rings (SSSR count). The second kappa shape index (κ2) is 7.71. The smallest absolute Gasteiger partial charge is 0.120 e. The minimum Gasteiger partial charge on any atom is -0.508 e. The lowest BCUT2D eigenvalue weighted by Gasteiger charge is -2.32. The number of nitrogens with zero attached hydrogens (tertiary/aromatic N) is 1. The molecule has 0 saturated heterocycles. The molecule has 4 heteroatoms. The monoisotopic (exact) mass is 400 g/mol. The molecule has 3 nitrogen and oxygen atoms in total. The van der Waals surface area contributed by atoms with Gasteiger partial charge in [-0.25, -0.2) is 0 Å². The van der Waals surface area contributed by atoms with Crippen molar-refractivity contribution < 1.29 is 5.11 Å². The highest BCUT2D eigenvalue weighted by molar-refractivity contribution is 9.10. The van der Waals surface area contributed by atoms with Gasteiger partial charge in [0.25, 0.3) is 0 Å². The van der Waals surface area contributed by atoms with E-state index in [1.165, 1.54) is 11.1 Å². The Morgan fingerprint density at radius 3 is 2.56 bits per heavy atom. The number of aromatic hydroxyl groups is 1. The normalized spacial score (nSPS) is 20.6. The van der Waals surface area contributed by atoms with Crippen LogP contribution in [-0.2, 0) is 6.42 Å². The van der Waals surface area contributed by atoms with Gasteiger partial charge < -0.3 is 5.11 Å². The average Bonchev–Trinajstić information content (AvgIpc) is 2.63. The number of nitrogens with one attached hydrogen (secondary N) is 1. The predicted octanol–water partition coefficient (Wildman–Crippen LogP) is 5.22. The standard InChI is InChI=1S/C21H25BrN2O/c1-4-14-5-7-15(8-6-14)18-12-19(24-21(23-18)13(2)3)17-11-16(22)9-10-20(17)25/h5-11,13,19,21,24-25H,4,12H2,1-3H3. The van der Waals surface area contributed by atoms with Crippen LogP contribution in [0.5, 0.6) is 5.75 Å². The third-order valence-electron chi connectivity index (χ3n) is 4.76. The molecule has 2 aromatic carbocycles. The summed E-state index contributed by atoms with van der Waals surface area (Å²) in [5.41, 5.74) is 4.52. The van der Waals surface area contributed by atoms with Crippen LogP contribution in [0.3, 0.4) is 0 Å². The zero-order valence-electron chi connectivity index (χ0n) is 15.0. The first kappa shape index (κ1) is 18.2. The van der Waals surface area contributed by atoms with Gasteiger partial charge in [0.05, 0.1) is 0 Å². The molecule has 0 fully saturated rings. The number of rotatable bonds is 4. The van der Waals surface area contributed by atoms with Crippen molar-refractivity contribution >= 4 is 21.6 Å². The van der Waals surface area contributed by atoms with E-state index in [9.17, 15) is 5.11 Å². The molecule has 0 radical (unpaired) electrons. The van der Waals surface area contributed by atoms with Gasteiger partial charge in [-0.15, -0.1) is 0 Å². The molecule has 2 aromatic rings. The van der Waals surface area contributed by atoms with Crippen LogP contribution in [-0.4, -0.2) is 17.0 Å². The maximum Gasteiger partial charge on any atom is 0.120 e. The zero-order valence-corrected chi connectivity index (χ0v) is 16.5. The number of phenols is 1. The second-order valence-electron chi connectivity index (χ2n) is 6.94. The molecule has 0 amide bonds. The van der Waals surface area contributed by atoms with Crippen molar-refractivity contribution in [1.29, 1.82) is 0 Å². The van der Waals surface area contributed by atoms with Crippen LogP contribution in [0.25, 0.3) is 0 Å². The van der Waals surface area contributed by atoms with E-state index in [1.54, 1.807) is 6.07 Å². The molecule has 132 valence electrons. The summed E-state index contributed by atoms with van der Waals surface area (Å²) in [7, 11) is 0. The molecule has 2 unspecified atom stereocenters. The summed E-state index contributed by atoms with van der Waals surface area (Å²) in [6, 6.07) is 14.3. The van der Waals surface area contributed by atoms with Crippen LogP contribution in [0.15, 0.2) is 51.9 Å². The lowest BCUT2D eigenvalue weighted by molar-refractivity contribution is 0.345. The van der Waals surface area contributed by atoms with Gasteiger partial charge in [-0.3, -0.25) is 10.3 Å². The largest absolute Gasteiger partial charge is 0.508 e. The Kier molecular flexibility index (Phi) is 5.60. The molecule has 0 saturated carbocycles.